The van der Waals surface area contributed by atoms with Crippen LogP contribution in [0.15, 0.2) is 59.8 Å². The number of aryl methyl sites for hydroxylation is 1. The molecule has 37 heavy (non-hydrogen) atoms. The van der Waals surface area contributed by atoms with E-state index in [9.17, 15) is 18.8 Å². The van der Waals surface area contributed by atoms with Crippen LogP contribution in [0.3, 0.4) is 0 Å². The van der Waals surface area contributed by atoms with Gasteiger partial charge in [0.05, 0.1) is 18.2 Å². The summed E-state index contributed by atoms with van der Waals surface area (Å²) in [4.78, 5) is 44.6. The van der Waals surface area contributed by atoms with Gasteiger partial charge in [0.2, 0.25) is 0 Å². The molecule has 1 saturated heterocycles. The van der Waals surface area contributed by atoms with E-state index < -0.39 is 17.8 Å². The first kappa shape index (κ1) is 26.3. The molecular formula is C28H33FN4O4. The molecule has 2 atom stereocenters. The lowest BCUT2D eigenvalue weighted by atomic mass is 9.94. The highest BCUT2D eigenvalue weighted by Gasteiger charge is 2.38. The number of halogens is 1. The number of urea groups is 1. The smallest absolute Gasteiger partial charge is 0.338 e. The first-order valence-corrected chi connectivity index (χ1v) is 12.5. The number of carbonyl (C=O) groups excluding carboxylic acids is 3. The largest absolute Gasteiger partial charge is 0.463 e. The summed E-state index contributed by atoms with van der Waals surface area (Å²) < 4.78 is 18.9. The van der Waals surface area contributed by atoms with E-state index in [2.05, 4.69) is 10.2 Å². The lowest BCUT2D eigenvalue weighted by molar-refractivity contribution is -0.139. The average Bonchev–Trinajstić information content (AvgIpc) is 2.87. The number of piperazine rings is 1. The van der Waals surface area contributed by atoms with E-state index in [4.69, 9.17) is 4.74 Å². The quantitative estimate of drug-likeness (QED) is 0.604. The second-order valence-corrected chi connectivity index (χ2v) is 9.52. The van der Waals surface area contributed by atoms with E-state index in [1.165, 1.54) is 17.0 Å². The maximum atomic E-state index is 13.6. The third kappa shape index (κ3) is 5.67. The van der Waals surface area contributed by atoms with Gasteiger partial charge >= 0.3 is 12.0 Å². The first-order valence-electron chi connectivity index (χ1n) is 12.5. The number of carbonyl (C=O) groups is 3. The molecule has 0 aromatic heterocycles. The number of esters is 1. The zero-order valence-corrected chi connectivity index (χ0v) is 21.7. The van der Waals surface area contributed by atoms with Crippen LogP contribution in [0.1, 0.15) is 41.4 Å². The topological polar surface area (TPSA) is 82.2 Å². The summed E-state index contributed by atoms with van der Waals surface area (Å²) in [6, 6.07) is 12.1. The minimum absolute atomic E-state index is 0.0101. The summed E-state index contributed by atoms with van der Waals surface area (Å²) in [6.07, 6.45) is 0. The Morgan fingerprint density at radius 2 is 1.76 bits per heavy atom. The minimum atomic E-state index is -0.764. The molecule has 2 aliphatic heterocycles. The van der Waals surface area contributed by atoms with Crippen molar-refractivity contribution in [1.82, 2.24) is 20.0 Å². The van der Waals surface area contributed by atoms with Gasteiger partial charge in [-0.3, -0.25) is 14.6 Å². The van der Waals surface area contributed by atoms with Gasteiger partial charge < -0.3 is 15.0 Å². The summed E-state index contributed by atoms with van der Waals surface area (Å²) in [7, 11) is 1.62. The van der Waals surface area contributed by atoms with Gasteiger partial charge in [-0.05, 0) is 50.6 Å². The van der Waals surface area contributed by atoms with Crippen molar-refractivity contribution in [2.75, 3.05) is 39.8 Å². The number of nitrogens with one attached hydrogen (secondary N) is 1. The molecule has 2 heterocycles. The molecule has 196 valence electrons. The molecule has 2 aliphatic rings. The van der Waals surface area contributed by atoms with E-state index in [0.29, 0.717) is 48.6 Å². The van der Waals surface area contributed by atoms with Crippen molar-refractivity contribution >= 4 is 17.9 Å². The van der Waals surface area contributed by atoms with Gasteiger partial charge in [0.25, 0.3) is 5.91 Å². The van der Waals surface area contributed by atoms with Gasteiger partial charge in [-0.2, -0.15) is 0 Å². The Kier molecular flexibility index (Phi) is 7.92. The Bertz CT molecular complexity index is 1200. The van der Waals surface area contributed by atoms with Crippen molar-refractivity contribution in [2.45, 2.75) is 32.9 Å². The Morgan fingerprint density at radius 3 is 2.38 bits per heavy atom. The van der Waals surface area contributed by atoms with Crippen molar-refractivity contribution in [1.29, 1.82) is 0 Å². The number of hydrogen-bond acceptors (Lipinski definition) is 5. The second kappa shape index (κ2) is 11.1. The van der Waals surface area contributed by atoms with E-state index >= 15 is 0 Å². The molecule has 0 unspecified atom stereocenters. The number of hydrogen-bond donors (Lipinski definition) is 1. The van der Waals surface area contributed by atoms with Crippen LogP contribution in [-0.2, 0) is 9.53 Å². The van der Waals surface area contributed by atoms with Crippen LogP contribution in [0.4, 0.5) is 9.18 Å². The molecule has 0 spiro atoms. The maximum absolute atomic E-state index is 13.6. The van der Waals surface area contributed by atoms with E-state index in [1.807, 2.05) is 43.0 Å². The molecule has 1 N–H and O–H groups in total. The van der Waals surface area contributed by atoms with Crippen molar-refractivity contribution in [3.05, 3.63) is 82.3 Å². The highest BCUT2D eigenvalue weighted by atomic mass is 19.1. The van der Waals surface area contributed by atoms with Crippen LogP contribution in [0, 0.1) is 12.7 Å². The number of nitrogens with zero attached hydrogens (tertiary/aromatic N) is 3. The van der Waals surface area contributed by atoms with E-state index in [-0.39, 0.29) is 24.6 Å². The fraction of sp³-hybridized carbons (Fsp3) is 0.393. The molecule has 0 saturated carbocycles. The van der Waals surface area contributed by atoms with Crippen LogP contribution in [-0.4, -0.2) is 78.5 Å². The SMILES string of the molecule is CCOC(=O)C1=C(CN2CCN(C(=O)c3ccc(C)cc3)[C@H](C)C2)N(C)C(=O)N[C@H]1c1ccc(F)cc1. The Labute approximate surface area is 216 Å². The number of amides is 3. The molecule has 3 amide bonds. The normalized spacial score (nSPS) is 20.6. The van der Waals surface area contributed by atoms with Crippen LogP contribution in [0.25, 0.3) is 0 Å². The highest BCUT2D eigenvalue weighted by Crippen LogP contribution is 2.32. The molecule has 9 heteroatoms. The molecule has 0 bridgehead atoms. The van der Waals surface area contributed by atoms with Gasteiger partial charge in [0.15, 0.2) is 0 Å². The summed E-state index contributed by atoms with van der Waals surface area (Å²) >= 11 is 0. The summed E-state index contributed by atoms with van der Waals surface area (Å²) in [5.41, 5.74) is 3.19. The lowest BCUT2D eigenvalue weighted by Crippen LogP contribution is -2.56. The van der Waals surface area contributed by atoms with Gasteiger partial charge in [0, 0.05) is 50.5 Å². The Hall–Kier alpha value is -3.72. The maximum Gasteiger partial charge on any atom is 0.338 e. The monoisotopic (exact) mass is 508 g/mol. The summed E-state index contributed by atoms with van der Waals surface area (Å²) in [6.45, 7) is 7.89. The molecule has 2 aromatic rings. The van der Waals surface area contributed by atoms with Crippen molar-refractivity contribution < 1.29 is 23.5 Å². The number of likely N-dealkylation sites (N-methyl/N-ethyl adjacent to an activating group) is 1. The third-order valence-electron chi connectivity index (χ3n) is 6.92. The van der Waals surface area contributed by atoms with E-state index in [1.54, 1.807) is 26.1 Å². The molecule has 2 aromatic carbocycles. The molecule has 0 aliphatic carbocycles. The van der Waals surface area contributed by atoms with Crippen LogP contribution in [0.5, 0.6) is 0 Å². The van der Waals surface area contributed by atoms with Gasteiger partial charge in [-0.25, -0.2) is 14.0 Å². The Balaban J connectivity index is 1.59. The van der Waals surface area contributed by atoms with Gasteiger partial charge in [0.1, 0.15) is 5.82 Å². The Morgan fingerprint density at radius 1 is 1.08 bits per heavy atom. The number of ether oxygens (including phenoxy) is 1. The van der Waals surface area contributed by atoms with Crippen molar-refractivity contribution in [2.24, 2.45) is 0 Å². The fourth-order valence-corrected chi connectivity index (χ4v) is 4.86. The zero-order valence-electron chi connectivity index (χ0n) is 21.7. The number of benzene rings is 2. The minimum Gasteiger partial charge on any atom is -0.463 e. The summed E-state index contributed by atoms with van der Waals surface area (Å²) in [5.74, 6) is -0.944. The van der Waals surface area contributed by atoms with Crippen LogP contribution < -0.4 is 5.32 Å². The van der Waals surface area contributed by atoms with Crippen LogP contribution in [0.2, 0.25) is 0 Å². The van der Waals surface area contributed by atoms with Crippen LogP contribution >= 0.6 is 0 Å². The fourth-order valence-electron chi connectivity index (χ4n) is 4.86. The lowest BCUT2D eigenvalue weighted by Gasteiger charge is -2.42. The predicted octanol–water partition coefficient (Wildman–Crippen LogP) is 3.49. The third-order valence-corrected chi connectivity index (χ3v) is 6.92. The van der Waals surface area contributed by atoms with Crippen molar-refractivity contribution in [3.63, 3.8) is 0 Å². The molecule has 0 radical (unpaired) electrons. The standard InChI is InChI=1S/C28H33FN4O4/c1-5-37-27(35)24-23(31(4)28(36)30-25(24)20-10-12-22(29)13-11-20)17-32-14-15-33(19(3)16-32)26(34)21-8-6-18(2)7-9-21/h6-13,19,25H,5,14-17H2,1-4H3,(H,30,36)/t19-,25+/m1/s1. The van der Waals surface area contributed by atoms with Gasteiger partial charge in [-0.1, -0.05) is 29.8 Å². The van der Waals surface area contributed by atoms with E-state index in [0.717, 1.165) is 5.56 Å². The first-order chi connectivity index (χ1) is 17.7. The molecule has 1 fully saturated rings. The average molecular weight is 509 g/mol. The molecule has 8 nitrogen and oxygen atoms in total. The zero-order chi connectivity index (χ0) is 26.7. The predicted molar refractivity (Wildman–Crippen MR) is 137 cm³/mol. The summed E-state index contributed by atoms with van der Waals surface area (Å²) in [5, 5.41) is 2.85. The van der Waals surface area contributed by atoms with Crippen molar-refractivity contribution in [3.8, 4) is 0 Å². The molecular weight excluding hydrogens is 475 g/mol. The molecule has 4 rings (SSSR count). The highest BCUT2D eigenvalue weighted by molar-refractivity contribution is 5.95. The number of rotatable bonds is 6. The van der Waals surface area contributed by atoms with Gasteiger partial charge in [-0.15, -0.1) is 0 Å². The second-order valence-electron chi connectivity index (χ2n) is 9.52.